The lowest BCUT2D eigenvalue weighted by Gasteiger charge is -2.28. The van der Waals surface area contributed by atoms with Crippen LogP contribution in [0.4, 0.5) is 17.6 Å². The molecular weight excluding hydrogens is 354 g/mol. The number of nitrogens with zero attached hydrogens (tertiary/aromatic N) is 5. The molecule has 3 heterocycles. The summed E-state index contributed by atoms with van der Waals surface area (Å²) in [5.74, 6) is 1.97. The fourth-order valence-electron chi connectivity index (χ4n) is 3.42. The summed E-state index contributed by atoms with van der Waals surface area (Å²) in [5, 5.41) is 15.6. The molecule has 0 saturated carbocycles. The normalized spacial score (nSPS) is 14.2. The summed E-state index contributed by atoms with van der Waals surface area (Å²) in [6.07, 6.45) is 5.16. The highest BCUT2D eigenvalue weighted by Gasteiger charge is 2.19. The maximum absolute atomic E-state index is 9.15. The SMILES string of the molecule is OCCNc1nc(NCc2ccccc2)c2ncnc(N3CCCCC3)c2n1. The van der Waals surface area contributed by atoms with Crippen LogP contribution in [0.3, 0.4) is 0 Å². The predicted octanol–water partition coefficient (Wildman–Crippen LogP) is 2.43. The third-order valence-corrected chi connectivity index (χ3v) is 4.82. The van der Waals surface area contributed by atoms with Gasteiger partial charge in [0.1, 0.15) is 17.4 Å². The van der Waals surface area contributed by atoms with Crippen molar-refractivity contribution in [2.45, 2.75) is 25.8 Å². The van der Waals surface area contributed by atoms with Gasteiger partial charge in [-0.1, -0.05) is 30.3 Å². The number of fused-ring (bicyclic) bond motifs is 1. The Kier molecular flexibility index (Phi) is 5.77. The molecule has 0 unspecified atom stereocenters. The molecule has 3 N–H and O–H groups in total. The van der Waals surface area contributed by atoms with Gasteiger partial charge in [0, 0.05) is 26.2 Å². The highest BCUT2D eigenvalue weighted by atomic mass is 16.3. The van der Waals surface area contributed by atoms with Crippen molar-refractivity contribution in [3.8, 4) is 0 Å². The number of benzene rings is 1. The molecular formula is C20H25N7O. The van der Waals surface area contributed by atoms with Crippen LogP contribution in [-0.2, 0) is 6.54 Å². The summed E-state index contributed by atoms with van der Waals surface area (Å²) >= 11 is 0. The number of piperidine rings is 1. The molecule has 0 atom stereocenters. The Labute approximate surface area is 164 Å². The fraction of sp³-hybridized carbons (Fsp3) is 0.400. The largest absolute Gasteiger partial charge is 0.395 e. The molecule has 1 aliphatic heterocycles. The maximum Gasteiger partial charge on any atom is 0.225 e. The Balaban J connectivity index is 1.71. The van der Waals surface area contributed by atoms with Crippen molar-refractivity contribution < 1.29 is 5.11 Å². The number of hydrogen-bond acceptors (Lipinski definition) is 8. The van der Waals surface area contributed by atoms with Crippen LogP contribution in [0.25, 0.3) is 11.0 Å². The molecule has 8 nitrogen and oxygen atoms in total. The summed E-state index contributed by atoms with van der Waals surface area (Å²) in [6, 6.07) is 10.2. The van der Waals surface area contributed by atoms with Gasteiger partial charge in [0.05, 0.1) is 6.61 Å². The number of anilines is 3. The van der Waals surface area contributed by atoms with E-state index >= 15 is 0 Å². The van der Waals surface area contributed by atoms with E-state index in [2.05, 4.69) is 47.6 Å². The number of aromatic nitrogens is 4. The smallest absolute Gasteiger partial charge is 0.225 e. The first kappa shape index (κ1) is 18.4. The summed E-state index contributed by atoms with van der Waals surface area (Å²) in [4.78, 5) is 20.5. The minimum Gasteiger partial charge on any atom is -0.395 e. The number of aliphatic hydroxyl groups excluding tert-OH is 1. The minimum absolute atomic E-state index is 0.0123. The van der Waals surface area contributed by atoms with Crippen LogP contribution in [-0.4, -0.2) is 51.3 Å². The van der Waals surface area contributed by atoms with Gasteiger partial charge in [0.2, 0.25) is 5.95 Å². The zero-order chi connectivity index (χ0) is 19.2. The molecule has 1 aromatic carbocycles. The van der Waals surface area contributed by atoms with E-state index in [1.165, 1.54) is 6.42 Å². The lowest BCUT2D eigenvalue weighted by Crippen LogP contribution is -2.30. The summed E-state index contributed by atoms with van der Waals surface area (Å²) in [5.41, 5.74) is 2.60. The van der Waals surface area contributed by atoms with Gasteiger partial charge in [-0.05, 0) is 24.8 Å². The molecule has 4 rings (SSSR count). The molecule has 0 bridgehead atoms. The van der Waals surface area contributed by atoms with Crippen molar-refractivity contribution >= 4 is 28.6 Å². The molecule has 0 amide bonds. The number of hydrogen-bond donors (Lipinski definition) is 3. The van der Waals surface area contributed by atoms with Crippen LogP contribution in [0.1, 0.15) is 24.8 Å². The van der Waals surface area contributed by atoms with Crippen molar-refractivity contribution in [2.75, 3.05) is 41.8 Å². The zero-order valence-electron chi connectivity index (χ0n) is 15.8. The summed E-state index contributed by atoms with van der Waals surface area (Å²) < 4.78 is 0. The molecule has 3 aromatic rings. The standard InChI is InChI=1S/C20H25N7O/c28-12-9-21-20-25-17-16(18(26-20)22-13-15-7-3-1-4-8-15)23-14-24-19(17)27-10-5-2-6-11-27/h1,3-4,7-8,14,28H,2,5-6,9-13H2,(H2,21,22,25,26). The third-order valence-electron chi connectivity index (χ3n) is 4.82. The quantitative estimate of drug-likeness (QED) is 0.576. The van der Waals surface area contributed by atoms with Crippen molar-refractivity contribution in [3.05, 3.63) is 42.2 Å². The van der Waals surface area contributed by atoms with Gasteiger partial charge >= 0.3 is 0 Å². The lowest BCUT2D eigenvalue weighted by atomic mass is 10.1. The van der Waals surface area contributed by atoms with E-state index in [0.29, 0.717) is 30.4 Å². The van der Waals surface area contributed by atoms with E-state index < -0.39 is 0 Å². The first-order valence-electron chi connectivity index (χ1n) is 9.75. The molecule has 0 radical (unpaired) electrons. The van der Waals surface area contributed by atoms with E-state index in [1.807, 2.05) is 18.2 Å². The molecule has 28 heavy (non-hydrogen) atoms. The number of aliphatic hydroxyl groups is 1. The topological polar surface area (TPSA) is 99.1 Å². The molecule has 1 fully saturated rings. The van der Waals surface area contributed by atoms with Crippen molar-refractivity contribution in [1.82, 2.24) is 19.9 Å². The Hall–Kier alpha value is -3.00. The second-order valence-electron chi connectivity index (χ2n) is 6.83. The molecule has 0 aliphatic carbocycles. The van der Waals surface area contributed by atoms with Crippen molar-refractivity contribution in [2.24, 2.45) is 0 Å². The summed E-state index contributed by atoms with van der Waals surface area (Å²) in [7, 11) is 0. The van der Waals surface area contributed by atoms with Gasteiger partial charge in [-0.2, -0.15) is 4.98 Å². The number of rotatable bonds is 7. The Morgan fingerprint density at radius 2 is 1.75 bits per heavy atom. The molecule has 2 aromatic heterocycles. The van der Waals surface area contributed by atoms with Crippen molar-refractivity contribution in [3.63, 3.8) is 0 Å². The molecule has 1 aliphatic rings. The highest BCUT2D eigenvalue weighted by Crippen LogP contribution is 2.28. The first-order valence-corrected chi connectivity index (χ1v) is 9.75. The van der Waals surface area contributed by atoms with Gasteiger partial charge in [0.15, 0.2) is 11.6 Å². The van der Waals surface area contributed by atoms with Gasteiger partial charge in [-0.15, -0.1) is 0 Å². The van der Waals surface area contributed by atoms with E-state index in [1.54, 1.807) is 6.33 Å². The van der Waals surface area contributed by atoms with E-state index in [0.717, 1.165) is 42.8 Å². The van der Waals surface area contributed by atoms with Crippen LogP contribution >= 0.6 is 0 Å². The first-order chi connectivity index (χ1) is 13.8. The molecule has 146 valence electrons. The van der Waals surface area contributed by atoms with Crippen LogP contribution in [0.5, 0.6) is 0 Å². The van der Waals surface area contributed by atoms with Gasteiger partial charge in [0.25, 0.3) is 0 Å². The predicted molar refractivity (Wildman–Crippen MR) is 111 cm³/mol. The van der Waals surface area contributed by atoms with Gasteiger partial charge in [-0.3, -0.25) is 0 Å². The second-order valence-corrected chi connectivity index (χ2v) is 6.83. The van der Waals surface area contributed by atoms with Crippen molar-refractivity contribution in [1.29, 1.82) is 0 Å². The van der Waals surface area contributed by atoms with E-state index in [4.69, 9.17) is 5.11 Å². The average molecular weight is 379 g/mol. The van der Waals surface area contributed by atoms with E-state index in [-0.39, 0.29) is 6.61 Å². The summed E-state index contributed by atoms with van der Waals surface area (Å²) in [6.45, 7) is 2.98. The zero-order valence-corrected chi connectivity index (χ0v) is 15.8. The van der Waals surface area contributed by atoms with Crippen LogP contribution in [0.15, 0.2) is 36.7 Å². The van der Waals surface area contributed by atoms with E-state index in [9.17, 15) is 0 Å². The highest BCUT2D eigenvalue weighted by molar-refractivity contribution is 5.93. The lowest BCUT2D eigenvalue weighted by molar-refractivity contribution is 0.311. The second kappa shape index (κ2) is 8.79. The monoisotopic (exact) mass is 379 g/mol. The van der Waals surface area contributed by atoms with Crippen LogP contribution in [0.2, 0.25) is 0 Å². The average Bonchev–Trinajstić information content (AvgIpc) is 2.77. The van der Waals surface area contributed by atoms with Gasteiger partial charge < -0.3 is 20.6 Å². The molecule has 0 spiro atoms. The maximum atomic E-state index is 9.15. The fourth-order valence-corrected chi connectivity index (χ4v) is 3.42. The third kappa shape index (κ3) is 4.12. The minimum atomic E-state index is 0.0123. The Morgan fingerprint density at radius 3 is 2.54 bits per heavy atom. The van der Waals surface area contributed by atoms with Crippen LogP contribution in [0, 0.1) is 0 Å². The molecule has 1 saturated heterocycles. The van der Waals surface area contributed by atoms with Gasteiger partial charge in [-0.25, -0.2) is 15.0 Å². The molecule has 8 heteroatoms. The Morgan fingerprint density at radius 1 is 0.929 bits per heavy atom. The Bertz CT molecular complexity index is 913. The number of nitrogens with one attached hydrogen (secondary N) is 2. The van der Waals surface area contributed by atoms with Crippen LogP contribution < -0.4 is 15.5 Å².